The molecule has 0 aliphatic heterocycles. The molecule has 0 saturated heterocycles. The standard InChI is InChI=1S/C17H23NO4/c1-4-12-8-13(10-18(5-2)6-7-19)16-14(9-12)11(3)15(22-16)17(20)21/h8-9,19H,4-7,10H2,1-3H3,(H,20,21). The highest BCUT2D eigenvalue weighted by molar-refractivity contribution is 5.96. The van der Waals surface area contributed by atoms with E-state index < -0.39 is 5.97 Å². The van der Waals surface area contributed by atoms with E-state index >= 15 is 0 Å². The first kappa shape index (κ1) is 16.5. The first-order valence-electron chi connectivity index (χ1n) is 7.63. The Hall–Kier alpha value is -1.85. The number of furan rings is 1. The van der Waals surface area contributed by atoms with E-state index in [1.54, 1.807) is 6.92 Å². The third-order valence-corrected chi connectivity index (χ3v) is 4.03. The van der Waals surface area contributed by atoms with Crippen molar-refractivity contribution in [1.82, 2.24) is 4.90 Å². The Balaban J connectivity index is 2.56. The minimum atomic E-state index is -1.04. The van der Waals surface area contributed by atoms with Crippen LogP contribution in [0.2, 0.25) is 0 Å². The highest BCUT2D eigenvalue weighted by Crippen LogP contribution is 2.30. The Bertz CT molecular complexity index is 675. The molecule has 2 rings (SSSR count). The topological polar surface area (TPSA) is 73.9 Å². The molecule has 1 heterocycles. The number of likely N-dealkylation sites (N-methyl/N-ethyl adjacent to an activating group) is 1. The van der Waals surface area contributed by atoms with Gasteiger partial charge in [0.15, 0.2) is 0 Å². The van der Waals surface area contributed by atoms with Gasteiger partial charge in [-0.25, -0.2) is 4.79 Å². The number of hydrogen-bond acceptors (Lipinski definition) is 4. The molecule has 0 aliphatic rings. The Morgan fingerprint density at radius 3 is 2.59 bits per heavy atom. The quantitative estimate of drug-likeness (QED) is 0.823. The molecular weight excluding hydrogens is 282 g/mol. The molecule has 0 spiro atoms. The van der Waals surface area contributed by atoms with Gasteiger partial charge in [0, 0.05) is 29.6 Å². The van der Waals surface area contributed by atoms with Crippen molar-refractivity contribution in [1.29, 1.82) is 0 Å². The minimum Gasteiger partial charge on any atom is -0.475 e. The van der Waals surface area contributed by atoms with Crippen molar-refractivity contribution in [2.24, 2.45) is 0 Å². The van der Waals surface area contributed by atoms with E-state index in [1.807, 2.05) is 13.0 Å². The summed E-state index contributed by atoms with van der Waals surface area (Å²) in [6.07, 6.45) is 0.877. The lowest BCUT2D eigenvalue weighted by Gasteiger charge is -2.19. The number of nitrogens with zero attached hydrogens (tertiary/aromatic N) is 1. The van der Waals surface area contributed by atoms with Gasteiger partial charge < -0.3 is 14.6 Å². The Labute approximate surface area is 130 Å². The second-order valence-electron chi connectivity index (χ2n) is 5.44. The summed E-state index contributed by atoms with van der Waals surface area (Å²) < 4.78 is 5.63. The second kappa shape index (κ2) is 6.94. The molecule has 0 atom stereocenters. The van der Waals surface area contributed by atoms with Gasteiger partial charge in [-0.3, -0.25) is 4.90 Å². The summed E-state index contributed by atoms with van der Waals surface area (Å²) in [5, 5.41) is 19.3. The van der Waals surface area contributed by atoms with E-state index in [1.165, 1.54) is 0 Å². The lowest BCUT2D eigenvalue weighted by molar-refractivity contribution is 0.0664. The number of carbonyl (C=O) groups is 1. The van der Waals surface area contributed by atoms with Gasteiger partial charge in [-0.1, -0.05) is 19.9 Å². The van der Waals surface area contributed by atoms with Crippen LogP contribution >= 0.6 is 0 Å². The predicted molar refractivity (Wildman–Crippen MR) is 85.3 cm³/mol. The van der Waals surface area contributed by atoms with Crippen LogP contribution in [0.15, 0.2) is 16.5 Å². The fraction of sp³-hybridized carbons (Fsp3) is 0.471. The summed E-state index contributed by atoms with van der Waals surface area (Å²) in [5.74, 6) is -1.03. The van der Waals surface area contributed by atoms with Crippen molar-refractivity contribution >= 4 is 16.9 Å². The smallest absolute Gasteiger partial charge is 0.372 e. The van der Waals surface area contributed by atoms with Crippen molar-refractivity contribution in [2.75, 3.05) is 19.7 Å². The monoisotopic (exact) mass is 305 g/mol. The number of aliphatic hydroxyl groups excluding tert-OH is 1. The maximum Gasteiger partial charge on any atom is 0.372 e. The molecule has 0 unspecified atom stereocenters. The van der Waals surface area contributed by atoms with Gasteiger partial charge in [-0.2, -0.15) is 0 Å². The molecule has 1 aromatic heterocycles. The number of aryl methyl sites for hydroxylation is 2. The molecule has 5 nitrogen and oxygen atoms in total. The van der Waals surface area contributed by atoms with Crippen molar-refractivity contribution in [3.8, 4) is 0 Å². The van der Waals surface area contributed by atoms with E-state index in [4.69, 9.17) is 9.52 Å². The number of carboxylic acid groups (broad SMARTS) is 1. The first-order chi connectivity index (χ1) is 10.5. The molecule has 5 heteroatoms. The molecule has 120 valence electrons. The molecule has 0 bridgehead atoms. The average molecular weight is 305 g/mol. The fourth-order valence-electron chi connectivity index (χ4n) is 2.71. The number of aliphatic hydroxyl groups is 1. The number of rotatable bonds is 7. The summed E-state index contributed by atoms with van der Waals surface area (Å²) in [6, 6.07) is 4.07. The first-order valence-corrected chi connectivity index (χ1v) is 7.63. The summed E-state index contributed by atoms with van der Waals surface area (Å²) in [7, 11) is 0. The number of aromatic carboxylic acids is 1. The number of carboxylic acids is 1. The van der Waals surface area contributed by atoms with Crippen LogP contribution in [0, 0.1) is 6.92 Å². The van der Waals surface area contributed by atoms with Crippen LogP contribution in [0.1, 0.15) is 41.1 Å². The minimum absolute atomic E-state index is 0.00899. The van der Waals surface area contributed by atoms with Gasteiger partial charge in [0.2, 0.25) is 5.76 Å². The zero-order chi connectivity index (χ0) is 16.3. The zero-order valence-electron chi connectivity index (χ0n) is 13.3. The van der Waals surface area contributed by atoms with E-state index in [9.17, 15) is 9.90 Å². The third-order valence-electron chi connectivity index (χ3n) is 4.03. The maximum atomic E-state index is 11.3. The molecule has 22 heavy (non-hydrogen) atoms. The van der Waals surface area contributed by atoms with Crippen LogP contribution in [0.4, 0.5) is 0 Å². The van der Waals surface area contributed by atoms with Crippen LogP contribution in [-0.2, 0) is 13.0 Å². The molecule has 0 saturated carbocycles. The predicted octanol–water partition coefficient (Wildman–Crippen LogP) is 2.82. The average Bonchev–Trinajstić information content (AvgIpc) is 2.84. The van der Waals surface area contributed by atoms with E-state index in [-0.39, 0.29) is 12.4 Å². The molecular formula is C17H23NO4. The third kappa shape index (κ3) is 3.15. The Morgan fingerprint density at radius 2 is 2.05 bits per heavy atom. The number of benzene rings is 1. The summed E-state index contributed by atoms with van der Waals surface area (Å²) >= 11 is 0. The van der Waals surface area contributed by atoms with Gasteiger partial charge in [0.1, 0.15) is 5.58 Å². The van der Waals surface area contributed by atoms with Crippen LogP contribution in [0.5, 0.6) is 0 Å². The van der Waals surface area contributed by atoms with Gasteiger partial charge in [0.05, 0.1) is 6.61 Å². The number of hydrogen-bond donors (Lipinski definition) is 2. The van der Waals surface area contributed by atoms with Gasteiger partial charge in [0.25, 0.3) is 0 Å². The Morgan fingerprint density at radius 1 is 1.32 bits per heavy atom. The van der Waals surface area contributed by atoms with E-state index in [2.05, 4.69) is 17.9 Å². The van der Waals surface area contributed by atoms with Crippen molar-refractivity contribution < 1.29 is 19.4 Å². The normalized spacial score (nSPS) is 11.5. The summed E-state index contributed by atoms with van der Waals surface area (Å²) in [6.45, 7) is 8.01. The summed E-state index contributed by atoms with van der Waals surface area (Å²) in [5.41, 5.74) is 3.44. The summed E-state index contributed by atoms with van der Waals surface area (Å²) in [4.78, 5) is 13.4. The Kier molecular flexibility index (Phi) is 5.21. The zero-order valence-corrected chi connectivity index (χ0v) is 13.3. The molecule has 2 N–H and O–H groups in total. The molecule has 0 amide bonds. The van der Waals surface area contributed by atoms with Crippen molar-refractivity contribution in [3.05, 3.63) is 34.6 Å². The lowest BCUT2D eigenvalue weighted by atomic mass is 10.0. The highest BCUT2D eigenvalue weighted by Gasteiger charge is 2.20. The largest absolute Gasteiger partial charge is 0.475 e. The van der Waals surface area contributed by atoms with Gasteiger partial charge in [-0.05, 0) is 31.5 Å². The molecule has 1 aromatic carbocycles. The highest BCUT2D eigenvalue weighted by atomic mass is 16.4. The van der Waals surface area contributed by atoms with Crippen LogP contribution in [0.25, 0.3) is 11.0 Å². The molecule has 0 fully saturated rings. The van der Waals surface area contributed by atoms with Crippen LogP contribution in [0.3, 0.4) is 0 Å². The molecule has 2 aromatic rings. The van der Waals surface area contributed by atoms with Crippen LogP contribution < -0.4 is 0 Å². The van der Waals surface area contributed by atoms with E-state index in [0.29, 0.717) is 24.2 Å². The van der Waals surface area contributed by atoms with Crippen LogP contribution in [-0.4, -0.2) is 40.8 Å². The maximum absolute atomic E-state index is 11.3. The molecule has 0 radical (unpaired) electrons. The molecule has 0 aliphatic carbocycles. The van der Waals surface area contributed by atoms with Gasteiger partial charge in [-0.15, -0.1) is 0 Å². The second-order valence-corrected chi connectivity index (χ2v) is 5.44. The fourth-order valence-corrected chi connectivity index (χ4v) is 2.71. The van der Waals surface area contributed by atoms with E-state index in [0.717, 1.165) is 29.5 Å². The lowest BCUT2D eigenvalue weighted by Crippen LogP contribution is -2.26. The number of fused-ring (bicyclic) bond motifs is 1. The van der Waals surface area contributed by atoms with Gasteiger partial charge >= 0.3 is 5.97 Å². The van der Waals surface area contributed by atoms with Crippen molar-refractivity contribution in [2.45, 2.75) is 33.7 Å². The SMILES string of the molecule is CCc1cc(CN(CC)CCO)c2oc(C(=O)O)c(C)c2c1. The van der Waals surface area contributed by atoms with Crippen molar-refractivity contribution in [3.63, 3.8) is 0 Å².